The molecule has 4 nitrogen and oxygen atoms in total. The van der Waals surface area contributed by atoms with E-state index < -0.39 is 0 Å². The zero-order valence-corrected chi connectivity index (χ0v) is 12.2. The number of halogens is 2. The van der Waals surface area contributed by atoms with Crippen molar-refractivity contribution >= 4 is 27.5 Å². The van der Waals surface area contributed by atoms with E-state index in [4.69, 9.17) is 0 Å². The van der Waals surface area contributed by atoms with Crippen LogP contribution in [0.1, 0.15) is 11.4 Å². The van der Waals surface area contributed by atoms with Crippen molar-refractivity contribution in [1.82, 2.24) is 9.78 Å². The van der Waals surface area contributed by atoms with Crippen LogP contribution in [-0.4, -0.2) is 15.7 Å². The number of aryl methyl sites for hydroxylation is 2. The van der Waals surface area contributed by atoms with Crippen LogP contribution >= 0.6 is 15.9 Å². The van der Waals surface area contributed by atoms with E-state index in [1.807, 2.05) is 19.9 Å². The number of nitrogens with one attached hydrogen (secondary N) is 1. The number of amides is 1. The molecule has 1 N–H and O–H groups in total. The Morgan fingerprint density at radius 1 is 1.42 bits per heavy atom. The van der Waals surface area contributed by atoms with Crippen molar-refractivity contribution < 1.29 is 9.18 Å². The molecule has 0 unspecified atom stereocenters. The summed E-state index contributed by atoms with van der Waals surface area (Å²) < 4.78 is 15.1. The maximum Gasteiger partial charge on any atom is 0.246 e. The summed E-state index contributed by atoms with van der Waals surface area (Å²) in [4.78, 5) is 11.9. The Morgan fingerprint density at radius 2 is 2.16 bits per heavy atom. The van der Waals surface area contributed by atoms with Gasteiger partial charge in [0.15, 0.2) is 0 Å². The minimum atomic E-state index is -0.358. The molecule has 0 aliphatic heterocycles. The first-order chi connectivity index (χ1) is 8.95. The second-order valence-corrected chi connectivity index (χ2v) is 5.11. The Hall–Kier alpha value is -1.69. The van der Waals surface area contributed by atoms with Gasteiger partial charge in [0, 0.05) is 10.2 Å². The lowest BCUT2D eigenvalue weighted by atomic mass is 10.3. The van der Waals surface area contributed by atoms with Gasteiger partial charge in [-0.25, -0.2) is 4.39 Å². The van der Waals surface area contributed by atoms with Crippen LogP contribution in [-0.2, 0) is 11.3 Å². The third-order valence-electron chi connectivity index (χ3n) is 2.60. The van der Waals surface area contributed by atoms with Crippen LogP contribution in [0.4, 0.5) is 10.1 Å². The van der Waals surface area contributed by atoms with E-state index >= 15 is 0 Å². The van der Waals surface area contributed by atoms with Crippen molar-refractivity contribution in [2.24, 2.45) is 0 Å². The molecule has 1 amide bonds. The third kappa shape index (κ3) is 3.41. The first-order valence-electron chi connectivity index (χ1n) is 5.71. The molecular formula is C13H13BrFN3O. The fraction of sp³-hybridized carbons (Fsp3) is 0.231. The molecular weight excluding hydrogens is 313 g/mol. The molecule has 0 spiro atoms. The number of carbonyl (C=O) groups is 1. The van der Waals surface area contributed by atoms with Crippen LogP contribution in [0.15, 0.2) is 28.7 Å². The molecule has 6 heteroatoms. The molecule has 100 valence electrons. The maximum absolute atomic E-state index is 12.9. The summed E-state index contributed by atoms with van der Waals surface area (Å²) in [6, 6.07) is 6.02. The summed E-state index contributed by atoms with van der Waals surface area (Å²) >= 11 is 3.20. The van der Waals surface area contributed by atoms with E-state index in [-0.39, 0.29) is 18.3 Å². The molecule has 0 fully saturated rings. The predicted molar refractivity (Wildman–Crippen MR) is 74.4 cm³/mol. The summed E-state index contributed by atoms with van der Waals surface area (Å²) in [6.45, 7) is 3.89. The Labute approximate surface area is 118 Å². The number of hydrogen-bond donors (Lipinski definition) is 1. The fourth-order valence-electron chi connectivity index (χ4n) is 1.75. The number of aromatic nitrogens is 2. The zero-order valence-electron chi connectivity index (χ0n) is 10.6. The molecule has 1 aromatic carbocycles. The summed E-state index contributed by atoms with van der Waals surface area (Å²) in [5, 5.41) is 6.92. The van der Waals surface area contributed by atoms with Crippen molar-refractivity contribution in [2.75, 3.05) is 5.32 Å². The van der Waals surface area contributed by atoms with Crippen molar-refractivity contribution in [1.29, 1.82) is 0 Å². The topological polar surface area (TPSA) is 46.9 Å². The summed E-state index contributed by atoms with van der Waals surface area (Å²) in [5.74, 6) is -0.568. The van der Waals surface area contributed by atoms with Gasteiger partial charge in [-0.2, -0.15) is 5.10 Å². The maximum atomic E-state index is 12.9. The third-order valence-corrected chi connectivity index (χ3v) is 3.26. The summed E-state index contributed by atoms with van der Waals surface area (Å²) in [7, 11) is 0. The molecule has 1 aromatic heterocycles. The second kappa shape index (κ2) is 5.52. The second-order valence-electron chi connectivity index (χ2n) is 4.26. The Balaban J connectivity index is 2.07. The van der Waals surface area contributed by atoms with Gasteiger partial charge in [-0.3, -0.25) is 9.48 Å². The standard InChI is InChI=1S/C13H13BrFN3O/c1-8-5-9(2)18(17-8)7-13(19)16-12-4-3-10(15)6-11(12)14/h3-6H,7H2,1-2H3,(H,16,19). The lowest BCUT2D eigenvalue weighted by molar-refractivity contribution is -0.116. The van der Waals surface area contributed by atoms with Crippen molar-refractivity contribution in [3.05, 3.63) is 45.9 Å². The van der Waals surface area contributed by atoms with E-state index in [1.165, 1.54) is 18.2 Å². The van der Waals surface area contributed by atoms with Gasteiger partial charge in [0.25, 0.3) is 0 Å². The largest absolute Gasteiger partial charge is 0.323 e. The molecule has 0 saturated carbocycles. The Bertz CT molecular complexity index is 624. The van der Waals surface area contributed by atoms with Crippen molar-refractivity contribution in [2.45, 2.75) is 20.4 Å². The molecule has 0 atom stereocenters. The molecule has 1 heterocycles. The highest BCUT2D eigenvalue weighted by molar-refractivity contribution is 9.10. The average Bonchev–Trinajstić information content (AvgIpc) is 2.61. The number of nitrogens with zero attached hydrogens (tertiary/aromatic N) is 2. The van der Waals surface area contributed by atoms with Crippen LogP contribution < -0.4 is 5.32 Å². The highest BCUT2D eigenvalue weighted by Crippen LogP contribution is 2.23. The van der Waals surface area contributed by atoms with Crippen molar-refractivity contribution in [3.8, 4) is 0 Å². The van der Waals surface area contributed by atoms with E-state index in [0.29, 0.717) is 10.2 Å². The van der Waals surface area contributed by atoms with Gasteiger partial charge >= 0.3 is 0 Å². The van der Waals surface area contributed by atoms with Gasteiger partial charge in [-0.05, 0) is 54.0 Å². The molecule has 2 aromatic rings. The minimum absolute atomic E-state index is 0.128. The summed E-state index contributed by atoms with van der Waals surface area (Å²) in [5.41, 5.74) is 2.33. The molecule has 0 saturated heterocycles. The Morgan fingerprint density at radius 3 is 2.74 bits per heavy atom. The molecule has 0 bridgehead atoms. The van der Waals surface area contributed by atoms with Gasteiger partial charge in [0.2, 0.25) is 5.91 Å². The fourth-order valence-corrected chi connectivity index (χ4v) is 2.20. The molecule has 2 rings (SSSR count). The van der Waals surface area contributed by atoms with Crippen molar-refractivity contribution in [3.63, 3.8) is 0 Å². The SMILES string of the molecule is Cc1cc(C)n(CC(=O)Nc2ccc(F)cc2Br)n1. The van der Waals surface area contributed by atoms with Gasteiger partial charge in [0.05, 0.1) is 11.4 Å². The smallest absolute Gasteiger partial charge is 0.246 e. The summed E-state index contributed by atoms with van der Waals surface area (Å²) in [6.07, 6.45) is 0. The van der Waals surface area contributed by atoms with E-state index in [0.717, 1.165) is 11.4 Å². The van der Waals surface area contributed by atoms with Gasteiger partial charge < -0.3 is 5.32 Å². The Kier molecular flexibility index (Phi) is 3.99. The normalized spacial score (nSPS) is 10.5. The van der Waals surface area contributed by atoms with Crippen LogP contribution in [0, 0.1) is 19.7 Å². The van der Waals surface area contributed by atoms with E-state index in [9.17, 15) is 9.18 Å². The number of anilines is 1. The first-order valence-corrected chi connectivity index (χ1v) is 6.51. The average molecular weight is 326 g/mol. The zero-order chi connectivity index (χ0) is 14.0. The number of carbonyl (C=O) groups excluding carboxylic acids is 1. The molecule has 0 radical (unpaired) electrons. The van der Waals surface area contributed by atoms with E-state index in [2.05, 4.69) is 26.3 Å². The van der Waals surface area contributed by atoms with Gasteiger partial charge in [-0.15, -0.1) is 0 Å². The molecule has 19 heavy (non-hydrogen) atoms. The van der Waals surface area contributed by atoms with Crippen LogP contribution in [0.25, 0.3) is 0 Å². The number of hydrogen-bond acceptors (Lipinski definition) is 2. The van der Waals surface area contributed by atoms with Gasteiger partial charge in [-0.1, -0.05) is 0 Å². The van der Waals surface area contributed by atoms with Gasteiger partial charge in [0.1, 0.15) is 12.4 Å². The lowest BCUT2D eigenvalue weighted by Crippen LogP contribution is -2.20. The number of rotatable bonds is 3. The predicted octanol–water partition coefficient (Wildman–Crippen LogP) is 3.04. The molecule has 0 aliphatic rings. The van der Waals surface area contributed by atoms with E-state index in [1.54, 1.807) is 4.68 Å². The highest BCUT2D eigenvalue weighted by Gasteiger charge is 2.09. The monoisotopic (exact) mass is 325 g/mol. The lowest BCUT2D eigenvalue weighted by Gasteiger charge is -2.08. The quantitative estimate of drug-likeness (QED) is 0.942. The minimum Gasteiger partial charge on any atom is -0.323 e. The van der Waals surface area contributed by atoms with Crippen LogP contribution in [0.5, 0.6) is 0 Å². The van der Waals surface area contributed by atoms with Crippen LogP contribution in [0.2, 0.25) is 0 Å². The van der Waals surface area contributed by atoms with Crippen LogP contribution in [0.3, 0.4) is 0 Å². The highest BCUT2D eigenvalue weighted by atomic mass is 79.9. The molecule has 0 aliphatic carbocycles. The first kappa shape index (κ1) is 13.7. The number of benzene rings is 1.